The zero-order valence-electron chi connectivity index (χ0n) is 14.4. The van der Waals surface area contributed by atoms with E-state index in [-0.39, 0.29) is 5.82 Å². The second-order valence-corrected chi connectivity index (χ2v) is 7.21. The average Bonchev–Trinajstić information content (AvgIpc) is 3.28. The lowest BCUT2D eigenvalue weighted by Crippen LogP contribution is -2.00. The maximum Gasteiger partial charge on any atom is 0.196 e. The molecule has 4 rings (SSSR count). The highest BCUT2D eigenvalue weighted by Gasteiger charge is 2.19. The number of hydrogen-bond donors (Lipinski definition) is 0. The first-order chi connectivity index (χ1) is 13.1. The predicted octanol–water partition coefficient (Wildman–Crippen LogP) is 5.92. The van der Waals surface area contributed by atoms with Gasteiger partial charge in [0.05, 0.1) is 11.8 Å². The summed E-state index contributed by atoms with van der Waals surface area (Å²) in [5, 5.41) is 9.74. The third-order valence-electron chi connectivity index (χ3n) is 4.15. The molecule has 4 nitrogen and oxygen atoms in total. The summed E-state index contributed by atoms with van der Waals surface area (Å²) in [5.74, 6) is 1.45. The molecular formula is C20H15ClFN3OS. The van der Waals surface area contributed by atoms with Crippen LogP contribution in [0, 0.1) is 12.7 Å². The van der Waals surface area contributed by atoms with Crippen molar-refractivity contribution >= 4 is 23.4 Å². The van der Waals surface area contributed by atoms with E-state index in [0.717, 1.165) is 17.0 Å². The van der Waals surface area contributed by atoms with E-state index in [1.54, 1.807) is 18.4 Å². The van der Waals surface area contributed by atoms with E-state index in [1.807, 2.05) is 47.9 Å². The van der Waals surface area contributed by atoms with Gasteiger partial charge in [-0.1, -0.05) is 47.6 Å². The lowest BCUT2D eigenvalue weighted by atomic mass is 10.2. The number of para-hydroxylation sites is 1. The largest absolute Gasteiger partial charge is 0.469 e. The molecule has 0 saturated carbocycles. The van der Waals surface area contributed by atoms with Crippen molar-refractivity contribution in [2.75, 3.05) is 0 Å². The molecule has 0 fully saturated rings. The van der Waals surface area contributed by atoms with Gasteiger partial charge in [0, 0.05) is 22.0 Å². The van der Waals surface area contributed by atoms with Crippen molar-refractivity contribution in [1.29, 1.82) is 0 Å². The molecule has 0 amide bonds. The fourth-order valence-corrected chi connectivity index (χ4v) is 4.07. The normalized spacial score (nSPS) is 11.1. The van der Waals surface area contributed by atoms with Gasteiger partial charge < -0.3 is 4.42 Å². The first-order valence-electron chi connectivity index (χ1n) is 8.26. The lowest BCUT2D eigenvalue weighted by molar-refractivity contribution is 0.535. The standard InChI is InChI=1S/C20H15ClFN3OS/c1-13-15(10-11-26-13)19-23-24-20(25(19)14-6-3-2-4-7-14)27-12-16-17(21)8-5-9-18(16)22/h2-11H,12H2,1H3. The van der Waals surface area contributed by atoms with Crippen molar-refractivity contribution in [2.45, 2.75) is 17.8 Å². The van der Waals surface area contributed by atoms with Gasteiger partial charge in [-0.2, -0.15) is 0 Å². The Hall–Kier alpha value is -2.57. The molecule has 0 unspecified atom stereocenters. The number of hydrogen-bond acceptors (Lipinski definition) is 4. The first kappa shape index (κ1) is 17.8. The molecule has 0 aliphatic carbocycles. The van der Waals surface area contributed by atoms with Crippen molar-refractivity contribution in [3.8, 4) is 17.1 Å². The van der Waals surface area contributed by atoms with Gasteiger partial charge in [-0.05, 0) is 37.3 Å². The van der Waals surface area contributed by atoms with E-state index >= 15 is 0 Å². The highest BCUT2D eigenvalue weighted by Crippen LogP contribution is 2.33. The van der Waals surface area contributed by atoms with Gasteiger partial charge in [-0.25, -0.2) is 4.39 Å². The summed E-state index contributed by atoms with van der Waals surface area (Å²) in [6.07, 6.45) is 1.63. The number of thioether (sulfide) groups is 1. The monoisotopic (exact) mass is 399 g/mol. The molecule has 27 heavy (non-hydrogen) atoms. The lowest BCUT2D eigenvalue weighted by Gasteiger charge is -2.10. The van der Waals surface area contributed by atoms with E-state index < -0.39 is 0 Å². The van der Waals surface area contributed by atoms with E-state index in [4.69, 9.17) is 16.0 Å². The van der Waals surface area contributed by atoms with Gasteiger partial charge >= 0.3 is 0 Å². The summed E-state index contributed by atoms with van der Waals surface area (Å²) < 4.78 is 21.5. The van der Waals surface area contributed by atoms with Gasteiger partial charge in [-0.15, -0.1) is 10.2 Å². The minimum absolute atomic E-state index is 0.327. The Morgan fingerprint density at radius 3 is 2.59 bits per heavy atom. The van der Waals surface area contributed by atoms with Crippen molar-refractivity contribution in [3.63, 3.8) is 0 Å². The van der Waals surface area contributed by atoms with Crippen LogP contribution < -0.4 is 0 Å². The molecular weight excluding hydrogens is 385 g/mol. The van der Waals surface area contributed by atoms with Crippen LogP contribution in [0.1, 0.15) is 11.3 Å². The van der Waals surface area contributed by atoms with Gasteiger partial charge in [0.25, 0.3) is 0 Å². The molecule has 136 valence electrons. The number of nitrogens with zero attached hydrogens (tertiary/aromatic N) is 3. The van der Waals surface area contributed by atoms with E-state index in [9.17, 15) is 4.39 Å². The molecule has 0 aliphatic rings. The number of furan rings is 1. The van der Waals surface area contributed by atoms with Crippen molar-refractivity contribution in [2.24, 2.45) is 0 Å². The van der Waals surface area contributed by atoms with Crippen LogP contribution in [0.15, 0.2) is 70.4 Å². The Labute approximate surface area is 165 Å². The maximum absolute atomic E-state index is 14.1. The number of aromatic nitrogens is 3. The van der Waals surface area contributed by atoms with E-state index in [1.165, 1.54) is 17.8 Å². The first-order valence-corrected chi connectivity index (χ1v) is 9.62. The molecule has 0 atom stereocenters. The molecule has 0 radical (unpaired) electrons. The molecule has 0 saturated heterocycles. The molecule has 0 N–H and O–H groups in total. The Bertz CT molecular complexity index is 1060. The molecule has 2 aromatic carbocycles. The number of aryl methyl sites for hydroxylation is 1. The SMILES string of the molecule is Cc1occc1-c1nnc(SCc2c(F)cccc2Cl)n1-c1ccccc1. The van der Waals surface area contributed by atoms with Gasteiger partial charge in [0.15, 0.2) is 11.0 Å². The Morgan fingerprint density at radius 2 is 1.89 bits per heavy atom. The number of benzene rings is 2. The number of rotatable bonds is 5. The Morgan fingerprint density at radius 1 is 1.07 bits per heavy atom. The molecule has 2 heterocycles. The summed E-state index contributed by atoms with van der Waals surface area (Å²) in [4.78, 5) is 0. The molecule has 0 aliphatic heterocycles. The smallest absolute Gasteiger partial charge is 0.196 e. The predicted molar refractivity (Wildman–Crippen MR) is 105 cm³/mol. The van der Waals surface area contributed by atoms with Crippen LogP contribution in [0.4, 0.5) is 4.39 Å². The fraction of sp³-hybridized carbons (Fsp3) is 0.100. The molecule has 0 bridgehead atoms. The topological polar surface area (TPSA) is 43.9 Å². The van der Waals surface area contributed by atoms with Crippen LogP contribution in [-0.2, 0) is 5.75 Å². The quantitative estimate of drug-likeness (QED) is 0.391. The van der Waals surface area contributed by atoms with Gasteiger partial charge in [0.2, 0.25) is 0 Å². The zero-order valence-corrected chi connectivity index (χ0v) is 16.0. The second-order valence-electron chi connectivity index (χ2n) is 5.86. The summed E-state index contributed by atoms with van der Waals surface area (Å²) in [6.45, 7) is 1.88. The molecule has 4 aromatic rings. The van der Waals surface area contributed by atoms with Crippen LogP contribution in [0.5, 0.6) is 0 Å². The fourth-order valence-electron chi connectivity index (χ4n) is 2.77. The third-order valence-corrected chi connectivity index (χ3v) is 5.46. The van der Waals surface area contributed by atoms with Crippen LogP contribution in [-0.4, -0.2) is 14.8 Å². The van der Waals surface area contributed by atoms with Crippen molar-refractivity contribution < 1.29 is 8.81 Å². The summed E-state index contributed by atoms with van der Waals surface area (Å²) in [6, 6.07) is 16.3. The van der Waals surface area contributed by atoms with Crippen LogP contribution in [0.25, 0.3) is 17.1 Å². The van der Waals surface area contributed by atoms with Crippen molar-refractivity contribution in [1.82, 2.24) is 14.8 Å². The maximum atomic E-state index is 14.1. The van der Waals surface area contributed by atoms with Crippen molar-refractivity contribution in [3.05, 3.63) is 83.0 Å². The van der Waals surface area contributed by atoms with Crippen LogP contribution in [0.3, 0.4) is 0 Å². The Balaban J connectivity index is 1.75. The molecule has 7 heteroatoms. The summed E-state index contributed by atoms with van der Waals surface area (Å²) >= 11 is 7.53. The number of halogens is 2. The highest BCUT2D eigenvalue weighted by molar-refractivity contribution is 7.98. The Kier molecular flexibility index (Phi) is 5.01. The molecule has 0 spiro atoms. The third kappa shape index (κ3) is 3.50. The minimum Gasteiger partial charge on any atom is -0.469 e. The van der Waals surface area contributed by atoms with Crippen LogP contribution in [0.2, 0.25) is 5.02 Å². The van der Waals surface area contributed by atoms with Crippen LogP contribution >= 0.6 is 23.4 Å². The van der Waals surface area contributed by atoms with E-state index in [0.29, 0.717) is 27.3 Å². The minimum atomic E-state index is -0.327. The zero-order chi connectivity index (χ0) is 18.8. The van der Waals surface area contributed by atoms with Gasteiger partial charge in [-0.3, -0.25) is 4.57 Å². The highest BCUT2D eigenvalue weighted by atomic mass is 35.5. The molecule has 2 aromatic heterocycles. The summed E-state index contributed by atoms with van der Waals surface area (Å²) in [7, 11) is 0. The van der Waals surface area contributed by atoms with Gasteiger partial charge in [0.1, 0.15) is 11.6 Å². The average molecular weight is 400 g/mol. The summed E-state index contributed by atoms with van der Waals surface area (Å²) in [5.41, 5.74) is 2.23. The second kappa shape index (κ2) is 7.58. The van der Waals surface area contributed by atoms with E-state index in [2.05, 4.69) is 10.2 Å².